The molecule has 0 atom stereocenters. The number of anilines is 2. The third-order valence-electron chi connectivity index (χ3n) is 4.12. The average Bonchev–Trinajstić information content (AvgIpc) is 2.74. The topological polar surface area (TPSA) is 112 Å². The zero-order valence-corrected chi connectivity index (χ0v) is 16.2. The summed E-state index contributed by atoms with van der Waals surface area (Å²) in [6, 6.07) is 10.8. The molecule has 3 N–H and O–H groups in total. The summed E-state index contributed by atoms with van der Waals surface area (Å²) >= 11 is 0. The number of nitrogens with one attached hydrogen (secondary N) is 1. The highest BCUT2D eigenvalue weighted by Gasteiger charge is 2.10. The van der Waals surface area contributed by atoms with Crippen molar-refractivity contribution in [1.29, 1.82) is 0 Å². The summed E-state index contributed by atoms with van der Waals surface area (Å²) in [5.41, 5.74) is 8.63. The molecule has 3 rings (SSSR count). The Balaban J connectivity index is 1.58. The molecular formula is C21H23N5O3. The van der Waals surface area contributed by atoms with Crippen molar-refractivity contribution in [3.63, 3.8) is 0 Å². The van der Waals surface area contributed by atoms with Gasteiger partial charge in [-0.3, -0.25) is 9.78 Å². The Labute approximate surface area is 169 Å². The van der Waals surface area contributed by atoms with Gasteiger partial charge in [0.05, 0.1) is 30.7 Å². The number of hydrogen-bond donors (Lipinski definition) is 2. The molecule has 150 valence electrons. The van der Waals surface area contributed by atoms with E-state index in [0.717, 1.165) is 16.9 Å². The number of methoxy groups -OCH3 is 1. The van der Waals surface area contributed by atoms with Crippen LogP contribution in [-0.2, 0) is 17.7 Å². The number of carbonyl (C=O) groups excluding carboxylic acids is 1. The maximum atomic E-state index is 12.5. The van der Waals surface area contributed by atoms with Gasteiger partial charge in [0.15, 0.2) is 5.78 Å². The van der Waals surface area contributed by atoms with Crippen LogP contribution in [0.1, 0.15) is 21.7 Å². The summed E-state index contributed by atoms with van der Waals surface area (Å²) in [7, 11) is 1.61. The zero-order valence-electron chi connectivity index (χ0n) is 16.2. The van der Waals surface area contributed by atoms with Gasteiger partial charge >= 0.3 is 0 Å². The predicted molar refractivity (Wildman–Crippen MR) is 110 cm³/mol. The molecule has 3 heterocycles. The molecule has 0 aliphatic rings. The molecule has 0 radical (unpaired) electrons. The first-order valence-corrected chi connectivity index (χ1v) is 9.15. The molecule has 3 aromatic heterocycles. The first-order chi connectivity index (χ1) is 14.2. The van der Waals surface area contributed by atoms with Crippen molar-refractivity contribution >= 4 is 17.3 Å². The van der Waals surface area contributed by atoms with Crippen molar-refractivity contribution in [2.24, 2.45) is 0 Å². The fourth-order valence-electron chi connectivity index (χ4n) is 2.64. The van der Waals surface area contributed by atoms with Gasteiger partial charge in [-0.05, 0) is 42.0 Å². The molecule has 0 unspecified atom stereocenters. The standard InChI is InChI=1S/C21H23N5O3/c1-28-9-10-29-17-4-5-18(26-14-17)20(27)12-15-6-8-23-16(11-15)13-25-19-3-2-7-24-21(19)22/h2-8,11,14,25H,9-10,12-13H2,1H3,(H2,22,24). The first kappa shape index (κ1) is 20.2. The second kappa shape index (κ2) is 10.1. The van der Waals surface area contributed by atoms with Crippen molar-refractivity contribution in [1.82, 2.24) is 15.0 Å². The number of Topliss-reactive ketones (excluding diaryl/α,β-unsaturated/α-hetero) is 1. The van der Waals surface area contributed by atoms with E-state index in [4.69, 9.17) is 15.2 Å². The van der Waals surface area contributed by atoms with E-state index < -0.39 is 0 Å². The number of pyridine rings is 3. The Morgan fingerprint density at radius 3 is 2.76 bits per heavy atom. The molecule has 8 nitrogen and oxygen atoms in total. The van der Waals surface area contributed by atoms with Crippen molar-refractivity contribution in [3.8, 4) is 5.75 Å². The minimum atomic E-state index is -0.0740. The van der Waals surface area contributed by atoms with Gasteiger partial charge in [-0.15, -0.1) is 0 Å². The lowest BCUT2D eigenvalue weighted by Gasteiger charge is -2.09. The van der Waals surface area contributed by atoms with Crippen molar-refractivity contribution in [2.75, 3.05) is 31.4 Å². The minimum Gasteiger partial charge on any atom is -0.490 e. The number of hydrogen-bond acceptors (Lipinski definition) is 8. The highest BCUT2D eigenvalue weighted by molar-refractivity contribution is 5.95. The number of nitrogen functional groups attached to an aromatic ring is 1. The SMILES string of the molecule is COCCOc1ccc(C(=O)Cc2ccnc(CNc3cccnc3N)c2)nc1. The van der Waals surface area contributed by atoms with Gasteiger partial charge < -0.3 is 20.5 Å². The van der Waals surface area contributed by atoms with Gasteiger partial charge in [0.2, 0.25) is 0 Å². The Hall–Kier alpha value is -3.52. The Morgan fingerprint density at radius 2 is 2.00 bits per heavy atom. The largest absolute Gasteiger partial charge is 0.490 e. The molecule has 0 amide bonds. The van der Waals surface area contributed by atoms with Crippen LogP contribution >= 0.6 is 0 Å². The lowest BCUT2D eigenvalue weighted by Crippen LogP contribution is -2.09. The summed E-state index contributed by atoms with van der Waals surface area (Å²) in [6.45, 7) is 1.40. The van der Waals surface area contributed by atoms with Crippen molar-refractivity contribution in [2.45, 2.75) is 13.0 Å². The molecule has 3 aromatic rings. The average molecular weight is 393 g/mol. The fraction of sp³-hybridized carbons (Fsp3) is 0.238. The van der Waals surface area contributed by atoms with E-state index in [0.29, 0.717) is 37.0 Å². The van der Waals surface area contributed by atoms with E-state index in [1.54, 1.807) is 37.8 Å². The van der Waals surface area contributed by atoms with Crippen LogP contribution < -0.4 is 15.8 Å². The molecule has 0 saturated carbocycles. The van der Waals surface area contributed by atoms with Crippen LogP contribution in [0.3, 0.4) is 0 Å². The van der Waals surface area contributed by atoms with Crippen LogP contribution in [0.2, 0.25) is 0 Å². The maximum absolute atomic E-state index is 12.5. The fourth-order valence-corrected chi connectivity index (χ4v) is 2.64. The van der Waals surface area contributed by atoms with E-state index in [9.17, 15) is 4.79 Å². The molecule has 8 heteroatoms. The molecular weight excluding hydrogens is 370 g/mol. The Morgan fingerprint density at radius 1 is 1.10 bits per heavy atom. The lowest BCUT2D eigenvalue weighted by atomic mass is 10.1. The smallest absolute Gasteiger partial charge is 0.185 e. The van der Waals surface area contributed by atoms with E-state index in [2.05, 4.69) is 20.3 Å². The highest BCUT2D eigenvalue weighted by Crippen LogP contribution is 2.16. The third kappa shape index (κ3) is 5.98. The number of carbonyl (C=O) groups is 1. The summed E-state index contributed by atoms with van der Waals surface area (Å²) in [4.78, 5) is 25.1. The lowest BCUT2D eigenvalue weighted by molar-refractivity contribution is 0.0988. The van der Waals surface area contributed by atoms with Crippen LogP contribution in [0.15, 0.2) is 55.0 Å². The second-order valence-electron chi connectivity index (χ2n) is 6.27. The van der Waals surface area contributed by atoms with E-state index >= 15 is 0 Å². The number of nitrogens with zero attached hydrogens (tertiary/aromatic N) is 3. The summed E-state index contributed by atoms with van der Waals surface area (Å²) < 4.78 is 10.4. The van der Waals surface area contributed by atoms with Crippen LogP contribution in [0.4, 0.5) is 11.5 Å². The zero-order chi connectivity index (χ0) is 20.5. The minimum absolute atomic E-state index is 0.0740. The molecule has 0 aliphatic heterocycles. The van der Waals surface area contributed by atoms with E-state index in [1.165, 1.54) is 0 Å². The number of ether oxygens (including phenoxy) is 2. The van der Waals surface area contributed by atoms with E-state index in [1.807, 2.05) is 24.3 Å². The number of ketones is 1. The molecule has 0 fully saturated rings. The van der Waals surface area contributed by atoms with Crippen LogP contribution in [-0.4, -0.2) is 41.1 Å². The van der Waals surface area contributed by atoms with Crippen molar-refractivity contribution < 1.29 is 14.3 Å². The Bertz CT molecular complexity index is 947. The molecule has 0 bridgehead atoms. The van der Waals surface area contributed by atoms with Gasteiger partial charge in [-0.1, -0.05) is 0 Å². The monoisotopic (exact) mass is 393 g/mol. The van der Waals surface area contributed by atoms with Crippen molar-refractivity contribution in [3.05, 3.63) is 71.9 Å². The molecule has 0 aromatic carbocycles. The molecule has 0 aliphatic carbocycles. The van der Waals surface area contributed by atoms with Gasteiger partial charge in [0.1, 0.15) is 23.9 Å². The molecule has 0 spiro atoms. The molecule has 0 saturated heterocycles. The maximum Gasteiger partial charge on any atom is 0.185 e. The number of aromatic nitrogens is 3. The van der Waals surface area contributed by atoms with Gasteiger partial charge in [-0.2, -0.15) is 0 Å². The number of nitrogens with two attached hydrogens (primary N) is 1. The second-order valence-corrected chi connectivity index (χ2v) is 6.27. The molecule has 29 heavy (non-hydrogen) atoms. The van der Waals surface area contributed by atoms with E-state index in [-0.39, 0.29) is 12.2 Å². The predicted octanol–water partition coefficient (Wildman–Crippen LogP) is 2.52. The van der Waals surface area contributed by atoms with Gasteiger partial charge in [-0.25, -0.2) is 9.97 Å². The summed E-state index contributed by atoms with van der Waals surface area (Å²) in [5.74, 6) is 0.958. The first-order valence-electron chi connectivity index (χ1n) is 9.15. The summed E-state index contributed by atoms with van der Waals surface area (Å²) in [6.07, 6.45) is 5.11. The summed E-state index contributed by atoms with van der Waals surface area (Å²) in [5, 5.41) is 3.20. The number of rotatable bonds is 10. The third-order valence-corrected chi connectivity index (χ3v) is 4.12. The quantitative estimate of drug-likeness (QED) is 0.399. The van der Waals surface area contributed by atoms with Crippen LogP contribution in [0.5, 0.6) is 5.75 Å². The highest BCUT2D eigenvalue weighted by atomic mass is 16.5. The van der Waals surface area contributed by atoms with Crippen LogP contribution in [0, 0.1) is 0 Å². The van der Waals surface area contributed by atoms with Crippen LogP contribution in [0.25, 0.3) is 0 Å². The van der Waals surface area contributed by atoms with Gasteiger partial charge in [0.25, 0.3) is 0 Å². The van der Waals surface area contributed by atoms with Gasteiger partial charge in [0, 0.05) is 25.9 Å². The normalized spacial score (nSPS) is 10.5. The Kier molecular flexibility index (Phi) is 7.07.